The van der Waals surface area contributed by atoms with Gasteiger partial charge in [0.2, 0.25) is 5.91 Å². The van der Waals surface area contributed by atoms with E-state index in [2.05, 4.69) is 41.5 Å². The van der Waals surface area contributed by atoms with Crippen molar-refractivity contribution in [2.45, 2.75) is 31.7 Å². The van der Waals surface area contributed by atoms with Crippen molar-refractivity contribution < 1.29 is 14.7 Å². The summed E-state index contributed by atoms with van der Waals surface area (Å²) in [5.74, 6) is -0.489. The fourth-order valence-electron chi connectivity index (χ4n) is 4.06. The molecule has 0 spiro atoms. The predicted molar refractivity (Wildman–Crippen MR) is 109 cm³/mol. The molecule has 0 bridgehead atoms. The van der Waals surface area contributed by atoms with Crippen LogP contribution in [0.15, 0.2) is 54.6 Å². The molecule has 0 aliphatic carbocycles. The molecular formula is C23H28N2O3. The van der Waals surface area contributed by atoms with Gasteiger partial charge in [0.15, 0.2) is 0 Å². The lowest BCUT2D eigenvalue weighted by molar-refractivity contribution is -0.121. The van der Waals surface area contributed by atoms with Crippen molar-refractivity contribution in [3.8, 4) is 0 Å². The van der Waals surface area contributed by atoms with E-state index >= 15 is 0 Å². The summed E-state index contributed by atoms with van der Waals surface area (Å²) in [4.78, 5) is 25.6. The Morgan fingerprint density at radius 1 is 1.11 bits per heavy atom. The van der Waals surface area contributed by atoms with Crippen molar-refractivity contribution in [2.75, 3.05) is 20.1 Å². The summed E-state index contributed by atoms with van der Waals surface area (Å²) in [6.45, 7) is 1.76. The molecule has 2 atom stereocenters. The highest BCUT2D eigenvalue weighted by Gasteiger charge is 2.30. The third-order valence-electron chi connectivity index (χ3n) is 5.55. The average Bonchev–Trinajstić information content (AvgIpc) is 2.71. The monoisotopic (exact) mass is 380 g/mol. The van der Waals surface area contributed by atoms with Gasteiger partial charge in [-0.05, 0) is 62.0 Å². The number of carbonyl (C=O) groups is 2. The first kappa shape index (κ1) is 20.1. The van der Waals surface area contributed by atoms with Gasteiger partial charge in [0, 0.05) is 19.0 Å². The molecule has 0 radical (unpaired) electrons. The van der Waals surface area contributed by atoms with Crippen LogP contribution in [-0.4, -0.2) is 42.0 Å². The Morgan fingerprint density at radius 2 is 1.82 bits per heavy atom. The molecule has 3 rings (SSSR count). The number of aromatic carboxylic acids is 1. The van der Waals surface area contributed by atoms with E-state index < -0.39 is 5.97 Å². The number of nitrogens with zero attached hydrogens (tertiary/aromatic N) is 1. The first-order chi connectivity index (χ1) is 13.5. The molecule has 1 heterocycles. The van der Waals surface area contributed by atoms with E-state index in [1.165, 1.54) is 5.56 Å². The number of carbonyl (C=O) groups excluding carboxylic acids is 1. The number of hydrogen-bond acceptors (Lipinski definition) is 3. The highest BCUT2D eigenvalue weighted by molar-refractivity contribution is 5.87. The van der Waals surface area contributed by atoms with Gasteiger partial charge >= 0.3 is 5.97 Å². The van der Waals surface area contributed by atoms with Gasteiger partial charge in [0.25, 0.3) is 0 Å². The summed E-state index contributed by atoms with van der Waals surface area (Å²) in [7, 11) is 2.16. The van der Waals surface area contributed by atoms with Gasteiger partial charge in [-0.2, -0.15) is 0 Å². The van der Waals surface area contributed by atoms with Gasteiger partial charge in [0.1, 0.15) is 0 Å². The van der Waals surface area contributed by atoms with Gasteiger partial charge in [-0.25, -0.2) is 4.79 Å². The van der Waals surface area contributed by atoms with E-state index in [0.717, 1.165) is 24.9 Å². The second-order valence-electron chi connectivity index (χ2n) is 7.54. The summed E-state index contributed by atoms with van der Waals surface area (Å²) >= 11 is 0. The van der Waals surface area contributed by atoms with Gasteiger partial charge in [-0.1, -0.05) is 42.5 Å². The van der Waals surface area contributed by atoms with Gasteiger partial charge in [-0.15, -0.1) is 0 Å². The van der Waals surface area contributed by atoms with Gasteiger partial charge in [-0.3, -0.25) is 9.69 Å². The lowest BCUT2D eigenvalue weighted by Crippen LogP contribution is -2.41. The number of amides is 1. The van der Waals surface area contributed by atoms with Crippen LogP contribution < -0.4 is 5.32 Å². The molecule has 2 N–H and O–H groups in total. The number of hydrogen-bond donors (Lipinski definition) is 2. The molecule has 1 amide bonds. The highest BCUT2D eigenvalue weighted by atomic mass is 16.4. The number of nitrogens with one attached hydrogen (secondary N) is 1. The number of aryl methyl sites for hydroxylation is 1. The van der Waals surface area contributed by atoms with Crippen molar-refractivity contribution in [3.63, 3.8) is 0 Å². The molecule has 1 saturated heterocycles. The minimum atomic E-state index is -0.935. The molecule has 1 aliphatic rings. The molecule has 2 aromatic rings. The molecule has 0 saturated carbocycles. The normalized spacial score (nSPS) is 19.9. The minimum absolute atomic E-state index is 0.0438. The molecule has 5 nitrogen and oxygen atoms in total. The fourth-order valence-corrected chi connectivity index (χ4v) is 4.06. The summed E-state index contributed by atoms with van der Waals surface area (Å²) < 4.78 is 0. The first-order valence-electron chi connectivity index (χ1n) is 9.88. The number of rotatable bonds is 7. The standard InChI is InChI=1S/C23H28N2O3/c1-25-15-5-8-20(22(25)18-6-3-2-4-7-18)16-24-21(26)14-11-17-9-12-19(13-10-17)23(27)28/h2-4,6-7,9-10,12-13,20,22H,5,8,11,14-16H2,1H3,(H,24,26)(H,27,28)/t20-,22-/m0/s1. The quantitative estimate of drug-likeness (QED) is 0.771. The Hall–Kier alpha value is -2.66. The smallest absolute Gasteiger partial charge is 0.335 e. The van der Waals surface area contributed by atoms with Crippen LogP contribution in [0, 0.1) is 5.92 Å². The first-order valence-corrected chi connectivity index (χ1v) is 9.88. The molecule has 0 unspecified atom stereocenters. The maximum Gasteiger partial charge on any atom is 0.335 e. The number of piperidine rings is 1. The SMILES string of the molecule is CN1CCC[C@@H](CNC(=O)CCc2ccc(C(=O)O)cc2)[C@@H]1c1ccccc1. The maximum absolute atomic E-state index is 12.3. The summed E-state index contributed by atoms with van der Waals surface area (Å²) in [5, 5.41) is 12.1. The second kappa shape index (κ2) is 9.51. The zero-order valence-corrected chi connectivity index (χ0v) is 16.3. The Labute approximate surface area is 166 Å². The van der Waals surface area contributed by atoms with E-state index in [1.807, 2.05) is 6.07 Å². The minimum Gasteiger partial charge on any atom is -0.478 e. The molecule has 2 aromatic carbocycles. The van der Waals surface area contributed by atoms with E-state index in [-0.39, 0.29) is 11.5 Å². The summed E-state index contributed by atoms with van der Waals surface area (Å²) in [5.41, 5.74) is 2.55. The van der Waals surface area contributed by atoms with E-state index in [1.54, 1.807) is 24.3 Å². The van der Waals surface area contributed by atoms with Gasteiger partial charge < -0.3 is 10.4 Å². The Morgan fingerprint density at radius 3 is 2.50 bits per heavy atom. The van der Waals surface area contributed by atoms with Crippen molar-refractivity contribution in [1.82, 2.24) is 10.2 Å². The van der Waals surface area contributed by atoms with E-state index in [4.69, 9.17) is 5.11 Å². The van der Waals surface area contributed by atoms with Crippen molar-refractivity contribution >= 4 is 11.9 Å². The molecule has 1 fully saturated rings. The topological polar surface area (TPSA) is 69.6 Å². The van der Waals surface area contributed by atoms with Crippen molar-refractivity contribution in [3.05, 3.63) is 71.3 Å². The van der Waals surface area contributed by atoms with Crippen LogP contribution in [0.4, 0.5) is 0 Å². The van der Waals surface area contributed by atoms with Crippen molar-refractivity contribution in [2.24, 2.45) is 5.92 Å². The predicted octanol–water partition coefficient (Wildman–Crippen LogP) is 3.52. The third kappa shape index (κ3) is 5.20. The maximum atomic E-state index is 12.3. The van der Waals surface area contributed by atoms with Crippen LogP contribution in [0.2, 0.25) is 0 Å². The molecule has 1 aliphatic heterocycles. The van der Waals surface area contributed by atoms with E-state index in [0.29, 0.717) is 31.3 Å². The summed E-state index contributed by atoms with van der Waals surface area (Å²) in [6.07, 6.45) is 3.28. The number of carboxylic acid groups (broad SMARTS) is 1. The average molecular weight is 380 g/mol. The van der Waals surface area contributed by atoms with Crippen LogP contribution in [0.25, 0.3) is 0 Å². The molecule has 148 valence electrons. The Balaban J connectivity index is 1.52. The number of carboxylic acids is 1. The Bertz CT molecular complexity index is 789. The van der Waals surface area contributed by atoms with Crippen molar-refractivity contribution in [1.29, 1.82) is 0 Å². The van der Waals surface area contributed by atoms with Gasteiger partial charge in [0.05, 0.1) is 5.56 Å². The lowest BCUT2D eigenvalue weighted by Gasteiger charge is -2.39. The third-order valence-corrected chi connectivity index (χ3v) is 5.55. The largest absolute Gasteiger partial charge is 0.478 e. The molecule has 5 heteroatoms. The highest BCUT2D eigenvalue weighted by Crippen LogP contribution is 2.34. The Kier molecular flexibility index (Phi) is 6.82. The zero-order chi connectivity index (χ0) is 19.9. The lowest BCUT2D eigenvalue weighted by atomic mass is 9.85. The van der Waals surface area contributed by atoms with Crippen LogP contribution >= 0.6 is 0 Å². The van der Waals surface area contributed by atoms with Crippen LogP contribution in [-0.2, 0) is 11.2 Å². The molecule has 28 heavy (non-hydrogen) atoms. The summed E-state index contributed by atoms with van der Waals surface area (Å²) in [6, 6.07) is 17.6. The fraction of sp³-hybridized carbons (Fsp3) is 0.391. The molecule has 0 aromatic heterocycles. The number of likely N-dealkylation sites (tertiary alicyclic amines) is 1. The number of benzene rings is 2. The van der Waals surface area contributed by atoms with Crippen LogP contribution in [0.5, 0.6) is 0 Å². The zero-order valence-electron chi connectivity index (χ0n) is 16.3. The van der Waals surface area contributed by atoms with E-state index in [9.17, 15) is 9.59 Å². The molecular weight excluding hydrogens is 352 g/mol. The second-order valence-corrected chi connectivity index (χ2v) is 7.54. The van der Waals surface area contributed by atoms with Crippen LogP contribution in [0.1, 0.15) is 46.8 Å². The van der Waals surface area contributed by atoms with Crippen LogP contribution in [0.3, 0.4) is 0 Å².